The zero-order valence-electron chi connectivity index (χ0n) is 19.5. The normalized spacial score (nSPS) is 16.9. The fraction of sp³-hybridized carbons (Fsp3) is 0.565. The summed E-state index contributed by atoms with van der Waals surface area (Å²) in [6.45, 7) is 6.69. The van der Waals surface area contributed by atoms with Crippen molar-refractivity contribution in [3.05, 3.63) is 40.7 Å². The number of carbonyl (C=O) groups is 1. The van der Waals surface area contributed by atoms with Gasteiger partial charge in [0.15, 0.2) is 5.16 Å². The molecular weight excluding hydrogens is 460 g/mol. The summed E-state index contributed by atoms with van der Waals surface area (Å²) in [4.78, 5) is 19.5. The van der Waals surface area contributed by atoms with Crippen LogP contribution in [0.5, 0.6) is 0 Å². The molecule has 0 atom stereocenters. The number of benzene rings is 1. The highest BCUT2D eigenvalue weighted by Crippen LogP contribution is 2.27. The Kier molecular flexibility index (Phi) is 7.47. The molecular formula is C23H32N4O4S2. The summed E-state index contributed by atoms with van der Waals surface area (Å²) in [5.74, 6) is 0.284. The number of aryl methyl sites for hydroxylation is 3. The lowest BCUT2D eigenvalue weighted by atomic mass is 10.1. The van der Waals surface area contributed by atoms with E-state index >= 15 is 0 Å². The van der Waals surface area contributed by atoms with Crippen molar-refractivity contribution in [3.8, 4) is 0 Å². The Morgan fingerprint density at radius 1 is 1.12 bits per heavy atom. The number of piperazine rings is 1. The number of methoxy groups -OCH3 is 1. The summed E-state index contributed by atoms with van der Waals surface area (Å²) in [5.41, 5.74) is 4.44. The first kappa shape index (κ1) is 24.3. The van der Waals surface area contributed by atoms with Gasteiger partial charge in [0, 0.05) is 45.5 Å². The van der Waals surface area contributed by atoms with Gasteiger partial charge in [-0.1, -0.05) is 17.8 Å². The summed E-state index contributed by atoms with van der Waals surface area (Å²) >= 11 is 1.42. The summed E-state index contributed by atoms with van der Waals surface area (Å²) in [6.07, 6.45) is 3.06. The van der Waals surface area contributed by atoms with Crippen molar-refractivity contribution >= 4 is 27.7 Å². The molecule has 2 heterocycles. The molecule has 1 aromatic carbocycles. The second kappa shape index (κ2) is 10.2. The molecule has 180 valence electrons. The van der Waals surface area contributed by atoms with Crippen LogP contribution in [-0.2, 0) is 38.9 Å². The number of hydrogen-bond donors (Lipinski definition) is 0. The fourth-order valence-corrected chi connectivity index (χ4v) is 6.93. The van der Waals surface area contributed by atoms with Gasteiger partial charge in [-0.2, -0.15) is 4.31 Å². The minimum Gasteiger partial charge on any atom is -0.383 e. The highest BCUT2D eigenvalue weighted by atomic mass is 32.2. The number of fused-ring (bicyclic) bond motifs is 1. The highest BCUT2D eigenvalue weighted by Gasteiger charge is 2.31. The monoisotopic (exact) mass is 492 g/mol. The van der Waals surface area contributed by atoms with Gasteiger partial charge in [0.1, 0.15) is 0 Å². The Bertz CT molecular complexity index is 1120. The molecule has 0 radical (unpaired) electrons. The molecule has 1 aliphatic carbocycles. The van der Waals surface area contributed by atoms with E-state index in [1.165, 1.54) is 21.6 Å². The Morgan fingerprint density at radius 2 is 1.85 bits per heavy atom. The van der Waals surface area contributed by atoms with Crippen LogP contribution < -0.4 is 0 Å². The maximum Gasteiger partial charge on any atom is 0.243 e. The van der Waals surface area contributed by atoms with E-state index < -0.39 is 10.0 Å². The van der Waals surface area contributed by atoms with Crippen molar-refractivity contribution in [2.24, 2.45) is 0 Å². The van der Waals surface area contributed by atoms with E-state index in [2.05, 4.69) is 9.55 Å². The van der Waals surface area contributed by atoms with Crippen molar-refractivity contribution in [3.63, 3.8) is 0 Å². The van der Waals surface area contributed by atoms with Gasteiger partial charge in [0.05, 0.1) is 22.9 Å². The van der Waals surface area contributed by atoms with E-state index in [1.54, 1.807) is 18.1 Å². The maximum atomic E-state index is 13.1. The number of sulfonamides is 1. The Balaban J connectivity index is 1.33. The molecule has 0 spiro atoms. The number of aromatic nitrogens is 2. The largest absolute Gasteiger partial charge is 0.383 e. The Hall–Kier alpha value is -1.88. The van der Waals surface area contributed by atoms with Crippen LogP contribution in [0.4, 0.5) is 0 Å². The number of hydrogen-bond acceptors (Lipinski definition) is 6. The van der Waals surface area contributed by atoms with E-state index in [-0.39, 0.29) is 11.7 Å². The molecule has 0 saturated carbocycles. The van der Waals surface area contributed by atoms with E-state index in [4.69, 9.17) is 4.74 Å². The molecule has 4 rings (SSSR count). The van der Waals surface area contributed by atoms with Crippen LogP contribution in [0.2, 0.25) is 0 Å². The van der Waals surface area contributed by atoms with Crippen LogP contribution >= 0.6 is 11.8 Å². The molecule has 2 aromatic rings. The third-order valence-electron chi connectivity index (χ3n) is 6.57. The van der Waals surface area contributed by atoms with Gasteiger partial charge in [-0.15, -0.1) is 0 Å². The summed E-state index contributed by atoms with van der Waals surface area (Å²) in [5, 5.41) is 0.813. The van der Waals surface area contributed by atoms with Crippen LogP contribution in [-0.4, -0.2) is 78.7 Å². The molecule has 1 saturated heterocycles. The number of thioether (sulfide) groups is 1. The van der Waals surface area contributed by atoms with Gasteiger partial charge in [0.25, 0.3) is 0 Å². The van der Waals surface area contributed by atoms with Crippen molar-refractivity contribution in [2.75, 3.05) is 45.6 Å². The first-order chi connectivity index (χ1) is 15.8. The molecule has 1 aromatic heterocycles. The van der Waals surface area contributed by atoms with Crippen molar-refractivity contribution < 1.29 is 17.9 Å². The van der Waals surface area contributed by atoms with Gasteiger partial charge in [0.2, 0.25) is 15.9 Å². The van der Waals surface area contributed by atoms with Crippen molar-refractivity contribution in [2.45, 2.75) is 49.7 Å². The second-order valence-electron chi connectivity index (χ2n) is 8.57. The number of ether oxygens (including phenoxy) is 1. The first-order valence-electron chi connectivity index (χ1n) is 11.4. The molecule has 0 unspecified atom stereocenters. The third-order valence-corrected chi connectivity index (χ3v) is 9.42. The number of nitrogens with zero attached hydrogens (tertiary/aromatic N) is 4. The number of imidazole rings is 1. The van der Waals surface area contributed by atoms with Gasteiger partial charge in [-0.3, -0.25) is 4.79 Å². The lowest BCUT2D eigenvalue weighted by molar-refractivity contribution is -0.129. The van der Waals surface area contributed by atoms with Crippen LogP contribution in [0.25, 0.3) is 0 Å². The van der Waals surface area contributed by atoms with Crippen LogP contribution in [0.1, 0.15) is 28.9 Å². The summed E-state index contributed by atoms with van der Waals surface area (Å²) in [7, 11) is -1.87. The van der Waals surface area contributed by atoms with Gasteiger partial charge in [-0.05, 0) is 56.4 Å². The van der Waals surface area contributed by atoms with Crippen LogP contribution in [0.15, 0.2) is 28.3 Å². The minimum atomic E-state index is -3.54. The fourth-order valence-electron chi connectivity index (χ4n) is 4.43. The molecule has 8 nitrogen and oxygen atoms in total. The molecule has 2 aliphatic rings. The van der Waals surface area contributed by atoms with Crippen molar-refractivity contribution in [1.29, 1.82) is 0 Å². The quantitative estimate of drug-likeness (QED) is 0.526. The van der Waals surface area contributed by atoms with Crippen LogP contribution in [0, 0.1) is 13.8 Å². The predicted molar refractivity (Wildman–Crippen MR) is 128 cm³/mol. The number of amides is 1. The van der Waals surface area contributed by atoms with Crippen molar-refractivity contribution in [1.82, 2.24) is 18.8 Å². The lowest BCUT2D eigenvalue weighted by Gasteiger charge is -2.34. The average molecular weight is 493 g/mol. The molecule has 33 heavy (non-hydrogen) atoms. The van der Waals surface area contributed by atoms with Crippen LogP contribution in [0.3, 0.4) is 0 Å². The Labute approximate surface area is 200 Å². The van der Waals surface area contributed by atoms with Gasteiger partial charge in [-0.25, -0.2) is 13.4 Å². The predicted octanol–water partition coefficient (Wildman–Crippen LogP) is 2.26. The lowest BCUT2D eigenvalue weighted by Crippen LogP contribution is -2.51. The zero-order valence-corrected chi connectivity index (χ0v) is 21.2. The average Bonchev–Trinajstić information content (AvgIpc) is 3.40. The van der Waals surface area contributed by atoms with E-state index in [9.17, 15) is 13.2 Å². The summed E-state index contributed by atoms with van der Waals surface area (Å²) in [6, 6.07) is 5.51. The van der Waals surface area contributed by atoms with E-state index in [0.717, 1.165) is 41.4 Å². The minimum absolute atomic E-state index is 0.00572. The SMILES string of the molecule is COCCn1c(SCC(=O)N2CCN(S(=O)(=O)c3ccc4c(c3)CCC4)CC2)nc(C)c1C. The smallest absolute Gasteiger partial charge is 0.243 e. The highest BCUT2D eigenvalue weighted by molar-refractivity contribution is 7.99. The molecule has 10 heteroatoms. The number of rotatable bonds is 8. The second-order valence-corrected chi connectivity index (χ2v) is 11.4. The molecule has 0 N–H and O–H groups in total. The van der Waals surface area contributed by atoms with Gasteiger partial charge >= 0.3 is 0 Å². The standard InChI is InChI=1S/C23H32N4O4S2/c1-17-18(2)27(13-14-31-3)23(24-17)32-16-22(28)25-9-11-26(12-10-25)33(29,30)21-8-7-19-5-4-6-20(19)15-21/h7-8,15H,4-6,9-14,16H2,1-3H3. The van der Waals surface area contributed by atoms with E-state index in [0.29, 0.717) is 44.2 Å². The molecule has 1 amide bonds. The molecule has 1 fully saturated rings. The summed E-state index contributed by atoms with van der Waals surface area (Å²) < 4.78 is 35.0. The number of carbonyl (C=O) groups excluding carboxylic acids is 1. The first-order valence-corrected chi connectivity index (χ1v) is 13.8. The topological polar surface area (TPSA) is 84.7 Å². The molecule has 0 bridgehead atoms. The Morgan fingerprint density at radius 3 is 2.58 bits per heavy atom. The third kappa shape index (κ3) is 5.13. The van der Waals surface area contributed by atoms with E-state index in [1.807, 2.05) is 26.0 Å². The zero-order chi connectivity index (χ0) is 23.6. The van der Waals surface area contributed by atoms with Gasteiger partial charge < -0.3 is 14.2 Å². The molecule has 1 aliphatic heterocycles. The maximum absolute atomic E-state index is 13.1.